The van der Waals surface area contributed by atoms with Gasteiger partial charge in [0.2, 0.25) is 0 Å². The van der Waals surface area contributed by atoms with Crippen LogP contribution >= 0.6 is 0 Å². The number of aliphatic hydroxyl groups excluding tert-OH is 1. The second kappa shape index (κ2) is 5.55. The Morgan fingerprint density at radius 2 is 1.88 bits per heavy atom. The molecule has 1 aliphatic carbocycles. The van der Waals surface area contributed by atoms with Gasteiger partial charge in [0.1, 0.15) is 17.4 Å². The van der Waals surface area contributed by atoms with Crippen LogP contribution in [0.5, 0.6) is 0 Å². The topological polar surface area (TPSA) is 120 Å². The van der Waals surface area contributed by atoms with E-state index >= 15 is 0 Å². The predicted octanol–water partition coefficient (Wildman–Crippen LogP) is -0.0904. The quantitative estimate of drug-likeness (QED) is 0.469. The number of hydrogen-bond acceptors (Lipinski definition) is 6. The van der Waals surface area contributed by atoms with Crippen LogP contribution in [-0.4, -0.2) is 23.7 Å². The van der Waals surface area contributed by atoms with E-state index in [1.165, 1.54) is 6.42 Å². The largest absolute Gasteiger partial charge is 0.400 e. The Bertz CT molecular complexity index is 374. The van der Waals surface area contributed by atoms with Crippen LogP contribution in [-0.2, 0) is 0 Å². The molecule has 0 saturated heterocycles. The van der Waals surface area contributed by atoms with Gasteiger partial charge in [-0.3, -0.25) is 0 Å². The summed E-state index contributed by atoms with van der Waals surface area (Å²) in [6.07, 6.45) is 5.10. The second-order valence-corrected chi connectivity index (χ2v) is 4.11. The Morgan fingerprint density at radius 1 is 1.29 bits per heavy atom. The van der Waals surface area contributed by atoms with Crippen molar-refractivity contribution in [2.24, 2.45) is 16.5 Å². The highest BCUT2D eigenvalue weighted by Crippen LogP contribution is 2.39. The third-order valence-corrected chi connectivity index (χ3v) is 3.12. The smallest absolute Gasteiger partial charge is 0.195 e. The van der Waals surface area contributed by atoms with Crippen LogP contribution in [0.1, 0.15) is 32.1 Å². The number of aliphatic imine (C=N–C) groups is 1. The maximum atomic E-state index is 9.13. The van der Waals surface area contributed by atoms with Crippen molar-refractivity contribution in [1.29, 1.82) is 5.26 Å². The van der Waals surface area contributed by atoms with Gasteiger partial charge in [0.05, 0.1) is 5.57 Å². The summed E-state index contributed by atoms with van der Waals surface area (Å²) < 4.78 is 0. The lowest BCUT2D eigenvalue weighted by molar-refractivity contribution is 0.343. The van der Waals surface area contributed by atoms with Gasteiger partial charge >= 0.3 is 0 Å². The molecule has 1 spiro atoms. The van der Waals surface area contributed by atoms with Crippen molar-refractivity contribution < 1.29 is 5.11 Å². The number of nitrogens with one attached hydrogen (secondary N) is 1. The number of nitrogens with two attached hydrogens (primary N) is 2. The lowest BCUT2D eigenvalue weighted by Crippen LogP contribution is -2.47. The van der Waals surface area contributed by atoms with E-state index in [-0.39, 0.29) is 0 Å². The maximum Gasteiger partial charge on any atom is 0.195 e. The van der Waals surface area contributed by atoms with Gasteiger partial charge < -0.3 is 21.9 Å². The van der Waals surface area contributed by atoms with Gasteiger partial charge in [-0.15, -0.1) is 0 Å². The van der Waals surface area contributed by atoms with Crippen molar-refractivity contribution >= 4 is 5.96 Å². The fourth-order valence-corrected chi connectivity index (χ4v) is 2.43. The van der Waals surface area contributed by atoms with Crippen LogP contribution in [0.15, 0.2) is 16.4 Å². The minimum Gasteiger partial charge on any atom is -0.400 e. The van der Waals surface area contributed by atoms with E-state index in [0.29, 0.717) is 17.4 Å². The van der Waals surface area contributed by atoms with E-state index in [2.05, 4.69) is 16.4 Å². The average Bonchev–Trinajstić information content (AvgIpc) is 2.32. The number of rotatable bonds is 0. The fraction of sp³-hybridized carbons (Fsp3) is 0.636. The van der Waals surface area contributed by atoms with Crippen LogP contribution in [0.25, 0.3) is 0 Å². The van der Waals surface area contributed by atoms with Gasteiger partial charge in [-0.05, 0) is 12.8 Å². The molecule has 2 rings (SSSR count). The zero-order valence-corrected chi connectivity index (χ0v) is 10.0. The van der Waals surface area contributed by atoms with Crippen LogP contribution in [0.2, 0.25) is 0 Å². The molecule has 6 heteroatoms. The first-order valence-corrected chi connectivity index (χ1v) is 5.65. The molecular formula is C11H19N5O. The van der Waals surface area contributed by atoms with Crippen LogP contribution in [0, 0.1) is 11.3 Å². The van der Waals surface area contributed by atoms with E-state index in [1.807, 2.05) is 0 Å². The van der Waals surface area contributed by atoms with Crippen molar-refractivity contribution in [3.05, 3.63) is 11.4 Å². The van der Waals surface area contributed by atoms with E-state index in [9.17, 15) is 0 Å². The van der Waals surface area contributed by atoms with Crippen LogP contribution in [0.3, 0.4) is 0 Å². The second-order valence-electron chi connectivity index (χ2n) is 4.11. The predicted molar refractivity (Wildman–Crippen MR) is 65.5 cm³/mol. The highest BCUT2D eigenvalue weighted by molar-refractivity contribution is 5.82. The Hall–Kier alpha value is -1.74. The summed E-state index contributed by atoms with van der Waals surface area (Å²) in [4.78, 5) is 4.40. The van der Waals surface area contributed by atoms with E-state index in [4.69, 9.17) is 21.8 Å². The number of guanidine groups is 1. The Labute approximate surface area is 101 Å². The Balaban J connectivity index is 0.000000686. The number of hydrogen-bond donors (Lipinski definition) is 4. The first-order chi connectivity index (χ1) is 8.18. The average molecular weight is 237 g/mol. The van der Waals surface area contributed by atoms with Crippen molar-refractivity contribution in [2.75, 3.05) is 7.11 Å². The molecule has 0 bridgehead atoms. The van der Waals surface area contributed by atoms with E-state index in [1.54, 1.807) is 0 Å². The molecule has 0 unspecified atom stereocenters. The normalized spacial score (nSPS) is 21.8. The minimum atomic E-state index is -0.438. The molecule has 0 amide bonds. The van der Waals surface area contributed by atoms with Gasteiger partial charge in [-0.1, -0.05) is 19.3 Å². The summed E-state index contributed by atoms with van der Waals surface area (Å²) in [5.41, 5.74) is 11.5. The molecule has 17 heavy (non-hydrogen) atoms. The molecular weight excluding hydrogens is 218 g/mol. The monoisotopic (exact) mass is 237 g/mol. The molecule has 1 heterocycles. The summed E-state index contributed by atoms with van der Waals surface area (Å²) in [6, 6.07) is 2.16. The van der Waals surface area contributed by atoms with Gasteiger partial charge in [0, 0.05) is 7.11 Å². The summed E-state index contributed by atoms with van der Waals surface area (Å²) in [5.74, 6) is 0.695. The van der Waals surface area contributed by atoms with Gasteiger partial charge in [-0.2, -0.15) is 5.26 Å². The highest BCUT2D eigenvalue weighted by atomic mass is 16.2. The number of aliphatic hydroxyl groups is 1. The first-order valence-electron chi connectivity index (χ1n) is 5.65. The molecule has 94 valence electrons. The molecule has 6 N–H and O–H groups in total. The van der Waals surface area contributed by atoms with Crippen molar-refractivity contribution in [3.8, 4) is 6.07 Å². The summed E-state index contributed by atoms with van der Waals surface area (Å²) in [7, 11) is 1.00. The van der Waals surface area contributed by atoms with Crippen molar-refractivity contribution in [1.82, 2.24) is 5.32 Å². The summed E-state index contributed by atoms with van der Waals surface area (Å²) >= 11 is 0. The standard InChI is InChI=1S/C10H15N5.CH4O/c11-6-7-8(12)14-9(13)15-10(7)4-2-1-3-5-10;1-2/h1-5,12H2,(H3,13,14,15);2H,1H3. The van der Waals surface area contributed by atoms with E-state index in [0.717, 1.165) is 32.8 Å². The third-order valence-electron chi connectivity index (χ3n) is 3.12. The SMILES string of the molecule is CO.N#CC1=C(N)NC(N)=NC12CCCCC2. The zero-order chi connectivity index (χ0) is 12.9. The fourth-order valence-electron chi connectivity index (χ4n) is 2.43. The number of nitriles is 1. The molecule has 0 aromatic heterocycles. The Kier molecular flexibility index (Phi) is 4.35. The van der Waals surface area contributed by atoms with E-state index < -0.39 is 5.54 Å². The van der Waals surface area contributed by atoms with Gasteiger partial charge in [0.15, 0.2) is 5.96 Å². The van der Waals surface area contributed by atoms with Gasteiger partial charge in [0.25, 0.3) is 0 Å². The molecule has 6 nitrogen and oxygen atoms in total. The van der Waals surface area contributed by atoms with Crippen LogP contribution < -0.4 is 16.8 Å². The molecule has 0 aromatic carbocycles. The molecule has 2 aliphatic rings. The lowest BCUT2D eigenvalue weighted by Gasteiger charge is -2.36. The lowest BCUT2D eigenvalue weighted by atomic mass is 9.76. The van der Waals surface area contributed by atoms with Crippen molar-refractivity contribution in [3.63, 3.8) is 0 Å². The Morgan fingerprint density at radius 3 is 2.41 bits per heavy atom. The highest BCUT2D eigenvalue weighted by Gasteiger charge is 2.40. The third kappa shape index (κ3) is 2.50. The van der Waals surface area contributed by atoms with Crippen LogP contribution in [0.4, 0.5) is 0 Å². The number of nitrogens with zero attached hydrogens (tertiary/aromatic N) is 2. The van der Waals surface area contributed by atoms with Crippen molar-refractivity contribution in [2.45, 2.75) is 37.6 Å². The maximum absolute atomic E-state index is 9.13. The molecule has 1 saturated carbocycles. The molecule has 1 aliphatic heterocycles. The summed E-state index contributed by atoms with van der Waals surface area (Å²) in [5, 5.41) is 18.8. The summed E-state index contributed by atoms with van der Waals surface area (Å²) in [6.45, 7) is 0. The molecule has 0 atom stereocenters. The zero-order valence-electron chi connectivity index (χ0n) is 10.0. The van der Waals surface area contributed by atoms with Gasteiger partial charge in [-0.25, -0.2) is 4.99 Å². The molecule has 0 radical (unpaired) electrons. The first kappa shape index (κ1) is 13.3. The molecule has 1 fully saturated rings. The minimum absolute atomic E-state index is 0.327. The molecule has 0 aromatic rings.